The minimum Gasteiger partial charge on any atom is -0.501 e. The molecule has 3 heteroatoms. The summed E-state index contributed by atoms with van der Waals surface area (Å²) in [4.78, 5) is 14.1. The van der Waals surface area contributed by atoms with Crippen LogP contribution in [0.2, 0.25) is 0 Å². The third-order valence-electron chi connectivity index (χ3n) is 3.58. The minimum atomic E-state index is 0.205. The highest BCUT2D eigenvalue weighted by atomic mass is 16.5. The van der Waals surface area contributed by atoms with Gasteiger partial charge in [0.15, 0.2) is 0 Å². The zero-order valence-corrected chi connectivity index (χ0v) is 12.2. The van der Waals surface area contributed by atoms with Crippen LogP contribution in [0, 0.1) is 11.8 Å². The number of allylic oxidation sites excluding steroid dienone is 1. The quantitative estimate of drug-likeness (QED) is 0.680. The first-order chi connectivity index (χ1) is 8.56. The lowest BCUT2D eigenvalue weighted by Crippen LogP contribution is -2.28. The molecule has 104 valence electrons. The molecule has 0 saturated carbocycles. The van der Waals surface area contributed by atoms with Gasteiger partial charge in [-0.05, 0) is 30.8 Å². The molecule has 0 radical (unpaired) electrons. The lowest BCUT2D eigenvalue weighted by molar-refractivity contribution is -0.130. The fourth-order valence-corrected chi connectivity index (χ4v) is 2.48. The zero-order valence-electron chi connectivity index (χ0n) is 12.2. The van der Waals surface area contributed by atoms with Crippen molar-refractivity contribution in [2.45, 2.75) is 46.5 Å². The first kappa shape index (κ1) is 15.1. The van der Waals surface area contributed by atoms with E-state index in [1.807, 2.05) is 4.90 Å². The number of methoxy groups -OCH3 is 1. The van der Waals surface area contributed by atoms with Gasteiger partial charge in [-0.1, -0.05) is 27.2 Å². The van der Waals surface area contributed by atoms with Crippen molar-refractivity contribution in [2.24, 2.45) is 11.8 Å². The third-order valence-corrected chi connectivity index (χ3v) is 3.58. The van der Waals surface area contributed by atoms with Crippen molar-refractivity contribution < 1.29 is 9.53 Å². The summed E-state index contributed by atoms with van der Waals surface area (Å²) in [6.07, 6.45) is 5.94. The Morgan fingerprint density at radius 2 is 2.28 bits per heavy atom. The topological polar surface area (TPSA) is 29.5 Å². The van der Waals surface area contributed by atoms with Crippen molar-refractivity contribution in [2.75, 3.05) is 20.2 Å². The maximum atomic E-state index is 12.1. The molecule has 0 bridgehead atoms. The van der Waals surface area contributed by atoms with Crippen molar-refractivity contribution in [3.8, 4) is 0 Å². The summed E-state index contributed by atoms with van der Waals surface area (Å²) in [5.41, 5.74) is 0. The molecule has 1 fully saturated rings. The van der Waals surface area contributed by atoms with E-state index in [9.17, 15) is 4.79 Å². The van der Waals surface area contributed by atoms with Crippen molar-refractivity contribution in [1.82, 2.24) is 4.90 Å². The molecule has 1 aliphatic rings. The van der Waals surface area contributed by atoms with E-state index < -0.39 is 0 Å². The molecule has 1 heterocycles. The van der Waals surface area contributed by atoms with E-state index in [1.165, 1.54) is 0 Å². The van der Waals surface area contributed by atoms with Gasteiger partial charge in [0.25, 0.3) is 0 Å². The van der Waals surface area contributed by atoms with Gasteiger partial charge in [0.2, 0.25) is 5.91 Å². The average Bonchev–Trinajstić information content (AvgIpc) is 2.75. The standard InChI is InChI=1S/C15H27NO2/c1-5-6-12(2)9-14(18-4)10-15(17)16-8-7-13(3)11-16/h9,12-13H,5-8,10-11H2,1-4H3/b14-9-. The van der Waals surface area contributed by atoms with Gasteiger partial charge in [0, 0.05) is 13.1 Å². The van der Waals surface area contributed by atoms with Crippen LogP contribution in [0.25, 0.3) is 0 Å². The van der Waals surface area contributed by atoms with Crippen LogP contribution >= 0.6 is 0 Å². The zero-order chi connectivity index (χ0) is 13.5. The molecule has 0 aromatic carbocycles. The van der Waals surface area contributed by atoms with E-state index >= 15 is 0 Å². The highest BCUT2D eigenvalue weighted by molar-refractivity contribution is 5.78. The molecule has 2 atom stereocenters. The Morgan fingerprint density at radius 3 is 2.78 bits per heavy atom. The Labute approximate surface area is 111 Å². The van der Waals surface area contributed by atoms with Crippen molar-refractivity contribution in [1.29, 1.82) is 0 Å². The summed E-state index contributed by atoms with van der Waals surface area (Å²) in [5.74, 6) is 2.15. The van der Waals surface area contributed by atoms with Crippen molar-refractivity contribution in [3.63, 3.8) is 0 Å². The molecule has 3 nitrogen and oxygen atoms in total. The molecule has 0 aromatic heterocycles. The van der Waals surface area contributed by atoms with Gasteiger partial charge in [0.05, 0.1) is 13.5 Å². The van der Waals surface area contributed by atoms with Gasteiger partial charge in [0.1, 0.15) is 5.76 Å². The van der Waals surface area contributed by atoms with Gasteiger partial charge < -0.3 is 9.64 Å². The van der Waals surface area contributed by atoms with E-state index in [-0.39, 0.29) is 5.91 Å². The van der Waals surface area contributed by atoms with E-state index in [4.69, 9.17) is 4.74 Å². The number of carbonyl (C=O) groups excluding carboxylic acids is 1. The second-order valence-electron chi connectivity index (χ2n) is 5.51. The Kier molecular flexibility index (Phi) is 6.23. The fourth-order valence-electron chi connectivity index (χ4n) is 2.48. The predicted molar refractivity (Wildman–Crippen MR) is 74.1 cm³/mol. The maximum Gasteiger partial charge on any atom is 0.230 e. The van der Waals surface area contributed by atoms with Crippen LogP contribution in [0.1, 0.15) is 46.5 Å². The summed E-state index contributed by atoms with van der Waals surface area (Å²) >= 11 is 0. The predicted octanol–water partition coefficient (Wildman–Crippen LogP) is 3.21. The average molecular weight is 253 g/mol. The Hall–Kier alpha value is -0.990. The highest BCUT2D eigenvalue weighted by Gasteiger charge is 2.23. The molecule has 2 unspecified atom stereocenters. The summed E-state index contributed by atoms with van der Waals surface area (Å²) < 4.78 is 5.34. The molecule has 0 aliphatic carbocycles. The lowest BCUT2D eigenvalue weighted by atomic mass is 10.0. The van der Waals surface area contributed by atoms with Crippen LogP contribution in [0.4, 0.5) is 0 Å². The highest BCUT2D eigenvalue weighted by Crippen LogP contribution is 2.19. The Bertz CT molecular complexity index is 299. The van der Waals surface area contributed by atoms with Crippen LogP contribution in [0.5, 0.6) is 0 Å². The third kappa shape index (κ3) is 4.71. The van der Waals surface area contributed by atoms with Crippen LogP contribution in [-0.4, -0.2) is 31.0 Å². The van der Waals surface area contributed by atoms with Gasteiger partial charge in [-0.15, -0.1) is 0 Å². The molecule has 18 heavy (non-hydrogen) atoms. The molecule has 0 spiro atoms. The number of likely N-dealkylation sites (tertiary alicyclic amines) is 1. The van der Waals surface area contributed by atoms with Crippen LogP contribution in [0.3, 0.4) is 0 Å². The number of carbonyl (C=O) groups is 1. The molecule has 1 amide bonds. The van der Waals surface area contributed by atoms with Crippen molar-refractivity contribution >= 4 is 5.91 Å². The molecule has 1 aliphatic heterocycles. The largest absolute Gasteiger partial charge is 0.501 e. The summed E-state index contributed by atoms with van der Waals surface area (Å²) in [6, 6.07) is 0. The SMILES string of the molecule is CCCC(C)/C=C(/CC(=O)N1CCC(C)C1)OC. The fraction of sp³-hybridized carbons (Fsp3) is 0.800. The summed E-state index contributed by atoms with van der Waals surface area (Å²) in [7, 11) is 1.66. The van der Waals surface area contributed by atoms with Crippen molar-refractivity contribution in [3.05, 3.63) is 11.8 Å². The van der Waals surface area contributed by atoms with E-state index in [0.717, 1.165) is 38.1 Å². The molecular formula is C15H27NO2. The van der Waals surface area contributed by atoms with Crippen LogP contribution in [-0.2, 0) is 9.53 Å². The minimum absolute atomic E-state index is 0.205. The van der Waals surface area contributed by atoms with Gasteiger partial charge >= 0.3 is 0 Å². The van der Waals surface area contributed by atoms with Gasteiger partial charge in [-0.3, -0.25) is 4.79 Å². The second-order valence-corrected chi connectivity index (χ2v) is 5.51. The van der Waals surface area contributed by atoms with Crippen LogP contribution in [0.15, 0.2) is 11.8 Å². The smallest absolute Gasteiger partial charge is 0.230 e. The molecule has 1 rings (SSSR count). The normalized spacial score (nSPS) is 22.1. The Balaban J connectivity index is 2.49. The first-order valence-corrected chi connectivity index (χ1v) is 7.09. The molecule has 1 saturated heterocycles. The summed E-state index contributed by atoms with van der Waals surface area (Å²) in [6.45, 7) is 8.35. The molecule has 0 N–H and O–H groups in total. The first-order valence-electron chi connectivity index (χ1n) is 7.09. The van der Waals surface area contributed by atoms with E-state index in [0.29, 0.717) is 18.3 Å². The number of amides is 1. The van der Waals surface area contributed by atoms with E-state index in [1.54, 1.807) is 7.11 Å². The number of hydrogen-bond donors (Lipinski definition) is 0. The number of ether oxygens (including phenoxy) is 1. The number of hydrogen-bond acceptors (Lipinski definition) is 2. The maximum absolute atomic E-state index is 12.1. The second kappa shape index (κ2) is 7.45. The monoisotopic (exact) mass is 253 g/mol. The number of nitrogens with zero attached hydrogens (tertiary/aromatic N) is 1. The Morgan fingerprint density at radius 1 is 1.56 bits per heavy atom. The van der Waals surface area contributed by atoms with E-state index in [2.05, 4.69) is 26.8 Å². The molecule has 0 aromatic rings. The molecular weight excluding hydrogens is 226 g/mol. The summed E-state index contributed by atoms with van der Waals surface area (Å²) in [5, 5.41) is 0. The number of rotatable bonds is 6. The van der Waals surface area contributed by atoms with Gasteiger partial charge in [-0.2, -0.15) is 0 Å². The van der Waals surface area contributed by atoms with Crippen LogP contribution < -0.4 is 0 Å². The lowest BCUT2D eigenvalue weighted by Gasteiger charge is -2.17. The van der Waals surface area contributed by atoms with Gasteiger partial charge in [-0.25, -0.2) is 0 Å².